The monoisotopic (exact) mass is 433 g/mol. The molecule has 31 heavy (non-hydrogen) atoms. The average Bonchev–Trinajstić information content (AvgIpc) is 3.09. The number of amides is 1. The van der Waals surface area contributed by atoms with Gasteiger partial charge in [-0.25, -0.2) is 0 Å². The second-order valence-corrected chi connectivity index (χ2v) is 12.3. The molecule has 4 nitrogen and oxygen atoms in total. The Morgan fingerprint density at radius 1 is 1.03 bits per heavy atom. The fourth-order valence-electron chi connectivity index (χ4n) is 9.09. The molecule has 4 saturated carbocycles. The molecule has 0 aromatic carbocycles. The summed E-state index contributed by atoms with van der Waals surface area (Å²) >= 11 is 0. The SMILES string of the molecule is CCCNC(=O)CC[C@@H](C)C1CC[C@H]2[C@@H]3[C@H](O)C[C@@H]4C[C@H](O)CC[C@]4(C)[C@H]3CC[C@]12C. The number of carbonyl (C=O) groups is 1. The van der Waals surface area contributed by atoms with Crippen LogP contribution in [-0.2, 0) is 4.79 Å². The molecule has 1 amide bonds. The summed E-state index contributed by atoms with van der Waals surface area (Å²) in [6.45, 7) is 10.3. The Labute approximate surface area is 190 Å². The van der Waals surface area contributed by atoms with Gasteiger partial charge in [-0.3, -0.25) is 4.79 Å². The van der Waals surface area contributed by atoms with Crippen LogP contribution in [0.1, 0.15) is 98.3 Å². The second kappa shape index (κ2) is 8.97. The Morgan fingerprint density at radius 3 is 2.48 bits per heavy atom. The quantitative estimate of drug-likeness (QED) is 0.557. The summed E-state index contributed by atoms with van der Waals surface area (Å²) in [5, 5.41) is 24.6. The van der Waals surface area contributed by atoms with Gasteiger partial charge in [0.15, 0.2) is 0 Å². The van der Waals surface area contributed by atoms with Crippen molar-refractivity contribution < 1.29 is 15.0 Å². The van der Waals surface area contributed by atoms with Crippen molar-refractivity contribution in [3.8, 4) is 0 Å². The van der Waals surface area contributed by atoms with Crippen molar-refractivity contribution in [1.82, 2.24) is 5.32 Å². The maximum Gasteiger partial charge on any atom is 0.220 e. The smallest absolute Gasteiger partial charge is 0.220 e. The van der Waals surface area contributed by atoms with E-state index >= 15 is 0 Å². The van der Waals surface area contributed by atoms with Gasteiger partial charge in [0.2, 0.25) is 5.91 Å². The zero-order valence-electron chi connectivity index (χ0n) is 20.4. The summed E-state index contributed by atoms with van der Waals surface area (Å²) in [4.78, 5) is 12.1. The number of hydrogen-bond donors (Lipinski definition) is 3. The van der Waals surface area contributed by atoms with Crippen LogP contribution in [0.3, 0.4) is 0 Å². The first-order valence-electron chi connectivity index (χ1n) is 13.3. The summed E-state index contributed by atoms with van der Waals surface area (Å²) in [6, 6.07) is 0. The van der Waals surface area contributed by atoms with E-state index < -0.39 is 0 Å². The number of carbonyl (C=O) groups excluding carboxylic acids is 1. The minimum Gasteiger partial charge on any atom is -0.393 e. The molecule has 0 aliphatic heterocycles. The molecule has 3 N–H and O–H groups in total. The van der Waals surface area contributed by atoms with Gasteiger partial charge in [0, 0.05) is 13.0 Å². The molecule has 4 heteroatoms. The molecule has 4 fully saturated rings. The number of hydrogen-bond acceptors (Lipinski definition) is 3. The number of rotatable bonds is 6. The van der Waals surface area contributed by atoms with Crippen molar-refractivity contribution in [3.05, 3.63) is 0 Å². The van der Waals surface area contributed by atoms with Gasteiger partial charge < -0.3 is 15.5 Å². The molecule has 1 unspecified atom stereocenters. The zero-order chi connectivity index (χ0) is 22.4. The Balaban J connectivity index is 1.46. The second-order valence-electron chi connectivity index (χ2n) is 12.3. The standard InChI is InChI=1S/C27H47NO3/c1-5-14-28-24(31)9-6-17(2)20-7-8-21-25-22(11-13-27(20,21)4)26(3)12-10-19(29)15-18(26)16-23(25)30/h17-23,25,29-30H,5-16H2,1-4H3,(H,28,31)/t17-,18+,19-,20?,21+,22+,23-,25+,26+,27-/m1/s1. The summed E-state index contributed by atoms with van der Waals surface area (Å²) in [5.41, 5.74) is 0.602. The van der Waals surface area contributed by atoms with Crippen LogP contribution < -0.4 is 5.32 Å². The van der Waals surface area contributed by atoms with Gasteiger partial charge in [-0.05, 0) is 111 Å². The minimum atomic E-state index is -0.202. The lowest BCUT2D eigenvalue weighted by molar-refractivity contribution is -0.174. The molecule has 10 atom stereocenters. The molecule has 178 valence electrons. The minimum absolute atomic E-state index is 0.165. The van der Waals surface area contributed by atoms with E-state index in [1.54, 1.807) is 0 Å². The van der Waals surface area contributed by atoms with Crippen LogP contribution in [0.2, 0.25) is 0 Å². The van der Waals surface area contributed by atoms with Crippen LogP contribution in [0.15, 0.2) is 0 Å². The van der Waals surface area contributed by atoms with Crippen molar-refractivity contribution in [2.45, 2.75) is 111 Å². The van der Waals surface area contributed by atoms with Crippen molar-refractivity contribution in [2.75, 3.05) is 6.54 Å². The fourth-order valence-corrected chi connectivity index (χ4v) is 9.09. The maximum absolute atomic E-state index is 12.1. The lowest BCUT2D eigenvalue weighted by Crippen LogP contribution is -2.58. The molecular weight excluding hydrogens is 386 g/mol. The summed E-state index contributed by atoms with van der Waals surface area (Å²) in [5.74, 6) is 3.58. The van der Waals surface area contributed by atoms with Crippen molar-refractivity contribution in [2.24, 2.45) is 46.3 Å². The van der Waals surface area contributed by atoms with Crippen LogP contribution in [0.5, 0.6) is 0 Å². The Morgan fingerprint density at radius 2 is 1.74 bits per heavy atom. The molecule has 4 aliphatic rings. The number of nitrogens with one attached hydrogen (secondary N) is 1. The van der Waals surface area contributed by atoms with E-state index in [1.165, 1.54) is 25.7 Å². The van der Waals surface area contributed by atoms with E-state index in [0.717, 1.165) is 45.1 Å². The van der Waals surface area contributed by atoms with Gasteiger partial charge in [0.05, 0.1) is 12.2 Å². The predicted molar refractivity (Wildman–Crippen MR) is 124 cm³/mol. The first-order valence-corrected chi connectivity index (χ1v) is 13.3. The first-order chi connectivity index (χ1) is 14.7. The molecule has 0 saturated heterocycles. The summed E-state index contributed by atoms with van der Waals surface area (Å²) < 4.78 is 0. The Hall–Kier alpha value is -0.610. The number of aliphatic hydroxyl groups is 2. The highest BCUT2D eigenvalue weighted by atomic mass is 16.3. The summed E-state index contributed by atoms with van der Waals surface area (Å²) in [7, 11) is 0. The maximum atomic E-state index is 12.1. The topological polar surface area (TPSA) is 69.6 Å². The molecule has 0 aromatic heterocycles. The third-order valence-electron chi connectivity index (χ3n) is 10.8. The van der Waals surface area contributed by atoms with Crippen LogP contribution in [0.4, 0.5) is 0 Å². The molecule has 0 radical (unpaired) electrons. The highest BCUT2D eigenvalue weighted by Gasteiger charge is 2.62. The van der Waals surface area contributed by atoms with E-state index in [9.17, 15) is 15.0 Å². The Kier molecular flexibility index (Phi) is 6.81. The van der Waals surface area contributed by atoms with E-state index in [0.29, 0.717) is 52.8 Å². The van der Waals surface area contributed by atoms with E-state index in [1.807, 2.05) is 0 Å². The van der Waals surface area contributed by atoms with Gasteiger partial charge in [0.1, 0.15) is 0 Å². The van der Waals surface area contributed by atoms with Crippen molar-refractivity contribution in [3.63, 3.8) is 0 Å². The molecule has 0 spiro atoms. The highest BCUT2D eigenvalue weighted by molar-refractivity contribution is 5.75. The lowest BCUT2D eigenvalue weighted by atomic mass is 9.43. The predicted octanol–water partition coefficient (Wildman–Crippen LogP) is 4.92. The fraction of sp³-hybridized carbons (Fsp3) is 0.963. The van der Waals surface area contributed by atoms with Crippen LogP contribution in [-0.4, -0.2) is 34.9 Å². The molecule has 0 heterocycles. The van der Waals surface area contributed by atoms with Gasteiger partial charge in [0.25, 0.3) is 0 Å². The Bertz CT molecular complexity index is 652. The van der Waals surface area contributed by atoms with Crippen LogP contribution in [0.25, 0.3) is 0 Å². The van der Waals surface area contributed by atoms with Crippen LogP contribution in [0, 0.1) is 46.3 Å². The zero-order valence-corrected chi connectivity index (χ0v) is 20.4. The molecule has 4 rings (SSSR count). The number of aliphatic hydroxyl groups excluding tert-OH is 2. The highest BCUT2D eigenvalue weighted by Crippen LogP contribution is 2.68. The molecule has 4 aliphatic carbocycles. The average molecular weight is 434 g/mol. The number of fused-ring (bicyclic) bond motifs is 5. The van der Waals surface area contributed by atoms with Crippen molar-refractivity contribution in [1.29, 1.82) is 0 Å². The van der Waals surface area contributed by atoms with Gasteiger partial charge in [-0.2, -0.15) is 0 Å². The van der Waals surface area contributed by atoms with Crippen molar-refractivity contribution >= 4 is 5.91 Å². The largest absolute Gasteiger partial charge is 0.393 e. The first kappa shape index (κ1) is 23.5. The van der Waals surface area contributed by atoms with Gasteiger partial charge in [-0.1, -0.05) is 27.7 Å². The third kappa shape index (κ3) is 4.09. The summed E-state index contributed by atoms with van der Waals surface area (Å²) in [6.07, 6.45) is 11.1. The van der Waals surface area contributed by atoms with E-state index in [2.05, 4.69) is 33.0 Å². The third-order valence-corrected chi connectivity index (χ3v) is 10.8. The molecule has 0 bridgehead atoms. The molecular formula is C27H47NO3. The van der Waals surface area contributed by atoms with E-state index in [-0.39, 0.29) is 18.1 Å². The van der Waals surface area contributed by atoms with Gasteiger partial charge >= 0.3 is 0 Å². The molecule has 0 aromatic rings. The lowest BCUT2D eigenvalue weighted by Gasteiger charge is -2.62. The van der Waals surface area contributed by atoms with Crippen LogP contribution >= 0.6 is 0 Å². The normalized spacial score (nSPS) is 47.7. The van der Waals surface area contributed by atoms with Gasteiger partial charge in [-0.15, -0.1) is 0 Å². The van der Waals surface area contributed by atoms with E-state index in [4.69, 9.17) is 0 Å².